The van der Waals surface area contributed by atoms with Gasteiger partial charge in [-0.25, -0.2) is 9.79 Å². The van der Waals surface area contributed by atoms with Gasteiger partial charge in [-0.1, -0.05) is 31.1 Å². The van der Waals surface area contributed by atoms with Crippen molar-refractivity contribution in [3.63, 3.8) is 0 Å². The predicted octanol–water partition coefficient (Wildman–Crippen LogP) is 4.14. The maximum absolute atomic E-state index is 13.0. The van der Waals surface area contributed by atoms with Crippen molar-refractivity contribution >= 4 is 11.5 Å². The van der Waals surface area contributed by atoms with E-state index in [1.165, 1.54) is 4.57 Å². The second-order valence-corrected chi connectivity index (χ2v) is 8.96. The summed E-state index contributed by atoms with van der Waals surface area (Å²) >= 11 is 0. The highest BCUT2D eigenvalue weighted by atomic mass is 16.5. The van der Waals surface area contributed by atoms with Gasteiger partial charge in [0.05, 0.1) is 23.9 Å². The lowest BCUT2D eigenvalue weighted by Crippen LogP contribution is -2.41. The van der Waals surface area contributed by atoms with Gasteiger partial charge in [-0.15, -0.1) is 0 Å². The van der Waals surface area contributed by atoms with E-state index < -0.39 is 0 Å². The normalized spacial score (nSPS) is 12.3. The second kappa shape index (κ2) is 10.9. The van der Waals surface area contributed by atoms with E-state index in [2.05, 4.69) is 10.1 Å². The van der Waals surface area contributed by atoms with Crippen molar-refractivity contribution in [3.05, 3.63) is 86.3 Å². The van der Waals surface area contributed by atoms with Gasteiger partial charge in [0.1, 0.15) is 17.3 Å². The van der Waals surface area contributed by atoms with Crippen molar-refractivity contribution < 1.29 is 14.0 Å². The van der Waals surface area contributed by atoms with Gasteiger partial charge in [0.15, 0.2) is 6.61 Å². The van der Waals surface area contributed by atoms with E-state index in [9.17, 15) is 9.59 Å². The number of aromatic nitrogens is 4. The van der Waals surface area contributed by atoms with Gasteiger partial charge in [0.25, 0.3) is 11.4 Å². The molecule has 10 heteroatoms. The molecule has 0 atom stereocenters. The second-order valence-electron chi connectivity index (χ2n) is 8.96. The lowest BCUT2D eigenvalue weighted by Gasteiger charge is -2.12. The number of methoxy groups -OCH3 is 1. The van der Waals surface area contributed by atoms with Crippen LogP contribution in [-0.2, 0) is 26.1 Å². The number of para-hydroxylation sites is 1. The number of hydrogen-bond donors (Lipinski definition) is 0. The monoisotopic (exact) mass is 515 g/mol. The number of benzene rings is 2. The summed E-state index contributed by atoms with van der Waals surface area (Å²) in [5.41, 5.74) is 2.37. The molecular weight excluding hydrogens is 486 g/mol. The maximum Gasteiger partial charge on any atom is 0.332 e. The SMILES string of the molecule is CCCn1c2c(c(=O)n(CCC)c1=O)CC(c1ccc(OCc3noc(-c4ccccc4OC)n3)cc1)=N2. The molecule has 2 aromatic carbocycles. The zero-order chi connectivity index (χ0) is 26.6. The molecule has 38 heavy (non-hydrogen) atoms. The third kappa shape index (κ3) is 4.77. The first-order chi connectivity index (χ1) is 18.5. The molecule has 10 nitrogen and oxygen atoms in total. The molecule has 5 rings (SSSR count). The Kier molecular flexibility index (Phi) is 7.21. The van der Waals surface area contributed by atoms with E-state index in [-0.39, 0.29) is 17.9 Å². The molecule has 0 N–H and O–H groups in total. The van der Waals surface area contributed by atoms with E-state index in [0.717, 1.165) is 17.7 Å². The van der Waals surface area contributed by atoms with Crippen LogP contribution in [0.4, 0.5) is 5.82 Å². The van der Waals surface area contributed by atoms with Crippen molar-refractivity contribution in [3.8, 4) is 23.0 Å². The smallest absolute Gasteiger partial charge is 0.332 e. The van der Waals surface area contributed by atoms with E-state index in [1.807, 2.05) is 62.4 Å². The molecule has 196 valence electrons. The van der Waals surface area contributed by atoms with Crippen molar-refractivity contribution in [2.75, 3.05) is 7.11 Å². The minimum Gasteiger partial charge on any atom is -0.496 e. The van der Waals surface area contributed by atoms with Crippen LogP contribution in [0.25, 0.3) is 11.5 Å². The summed E-state index contributed by atoms with van der Waals surface area (Å²) in [7, 11) is 1.59. The summed E-state index contributed by atoms with van der Waals surface area (Å²) in [4.78, 5) is 35.1. The van der Waals surface area contributed by atoms with Gasteiger partial charge in [0.2, 0.25) is 5.82 Å². The molecule has 4 aromatic rings. The van der Waals surface area contributed by atoms with Crippen LogP contribution >= 0.6 is 0 Å². The van der Waals surface area contributed by atoms with Crippen LogP contribution < -0.4 is 20.7 Å². The Morgan fingerprint density at radius 1 is 0.974 bits per heavy atom. The fraction of sp³-hybridized carbons (Fsp3) is 0.321. The number of hydrogen-bond acceptors (Lipinski definition) is 8. The number of aliphatic imine (C=N–C) groups is 1. The van der Waals surface area contributed by atoms with Crippen LogP contribution in [0, 0.1) is 0 Å². The van der Waals surface area contributed by atoms with Crippen molar-refractivity contribution in [1.82, 2.24) is 19.3 Å². The summed E-state index contributed by atoms with van der Waals surface area (Å²) in [6.45, 7) is 5.00. The van der Waals surface area contributed by atoms with Gasteiger partial charge in [0, 0.05) is 19.5 Å². The van der Waals surface area contributed by atoms with Crippen LogP contribution in [-0.4, -0.2) is 32.1 Å². The standard InChI is InChI=1S/C28H29N5O5/c1-4-14-32-25-21(27(34)33(15-5-2)28(32)35)16-22(29-25)18-10-12-19(13-11-18)37-17-24-30-26(38-31-24)20-8-6-7-9-23(20)36-3/h6-13H,4-5,14-17H2,1-3H3. The summed E-state index contributed by atoms with van der Waals surface area (Å²) in [5.74, 6) is 2.51. The van der Waals surface area contributed by atoms with Crippen LogP contribution in [0.1, 0.15) is 43.6 Å². The van der Waals surface area contributed by atoms with Gasteiger partial charge < -0.3 is 14.0 Å². The molecular formula is C28H29N5O5. The molecule has 1 aliphatic heterocycles. The third-order valence-electron chi connectivity index (χ3n) is 6.33. The Labute approximate surface area is 219 Å². The quantitative estimate of drug-likeness (QED) is 0.312. The molecule has 0 radical (unpaired) electrons. The summed E-state index contributed by atoms with van der Waals surface area (Å²) in [5, 5.41) is 4.00. The van der Waals surface area contributed by atoms with E-state index in [1.54, 1.807) is 11.7 Å². The van der Waals surface area contributed by atoms with Gasteiger partial charge in [-0.3, -0.25) is 13.9 Å². The Hall–Kier alpha value is -4.47. The number of ether oxygens (including phenoxy) is 2. The molecule has 2 aromatic heterocycles. The van der Waals surface area contributed by atoms with Crippen LogP contribution in [0.5, 0.6) is 11.5 Å². The van der Waals surface area contributed by atoms with Crippen LogP contribution in [0.2, 0.25) is 0 Å². The molecule has 0 fully saturated rings. The Morgan fingerprint density at radius 2 is 1.71 bits per heavy atom. The molecule has 0 amide bonds. The van der Waals surface area contributed by atoms with Crippen LogP contribution in [0.15, 0.2) is 67.6 Å². The van der Waals surface area contributed by atoms with Crippen LogP contribution in [0.3, 0.4) is 0 Å². The molecule has 0 saturated heterocycles. The van der Waals surface area contributed by atoms with E-state index >= 15 is 0 Å². The van der Waals surface area contributed by atoms with Crippen molar-refractivity contribution in [2.45, 2.75) is 52.8 Å². The summed E-state index contributed by atoms with van der Waals surface area (Å²) in [6, 6.07) is 14.9. The highest BCUT2D eigenvalue weighted by molar-refractivity contribution is 6.06. The Morgan fingerprint density at radius 3 is 2.45 bits per heavy atom. The molecule has 0 unspecified atom stereocenters. The molecule has 0 aliphatic carbocycles. The predicted molar refractivity (Wildman–Crippen MR) is 143 cm³/mol. The third-order valence-corrected chi connectivity index (χ3v) is 6.33. The summed E-state index contributed by atoms with van der Waals surface area (Å²) < 4.78 is 19.5. The Balaban J connectivity index is 1.31. The minimum atomic E-state index is -0.290. The number of fused-ring (bicyclic) bond motifs is 1. The molecule has 0 bridgehead atoms. The first-order valence-corrected chi connectivity index (χ1v) is 12.7. The maximum atomic E-state index is 13.0. The largest absolute Gasteiger partial charge is 0.496 e. The zero-order valence-electron chi connectivity index (χ0n) is 21.6. The van der Waals surface area contributed by atoms with Gasteiger partial charge in [-0.2, -0.15) is 4.98 Å². The Bertz CT molecular complexity index is 1600. The number of rotatable bonds is 10. The summed E-state index contributed by atoms with van der Waals surface area (Å²) in [6.07, 6.45) is 1.87. The minimum absolute atomic E-state index is 0.130. The van der Waals surface area contributed by atoms with E-state index in [0.29, 0.717) is 66.1 Å². The van der Waals surface area contributed by atoms with Crippen molar-refractivity contribution in [2.24, 2.45) is 4.99 Å². The number of nitrogens with zero attached hydrogens (tertiary/aromatic N) is 5. The van der Waals surface area contributed by atoms with Crippen molar-refractivity contribution in [1.29, 1.82) is 0 Å². The average molecular weight is 516 g/mol. The highest BCUT2D eigenvalue weighted by Crippen LogP contribution is 2.29. The van der Waals surface area contributed by atoms with E-state index in [4.69, 9.17) is 19.0 Å². The molecule has 3 heterocycles. The first-order valence-electron chi connectivity index (χ1n) is 12.7. The highest BCUT2D eigenvalue weighted by Gasteiger charge is 2.25. The molecule has 0 saturated carbocycles. The average Bonchev–Trinajstić information content (AvgIpc) is 3.61. The zero-order valence-corrected chi connectivity index (χ0v) is 21.6. The fourth-order valence-electron chi connectivity index (χ4n) is 4.51. The lowest BCUT2D eigenvalue weighted by atomic mass is 10.1. The lowest BCUT2D eigenvalue weighted by molar-refractivity contribution is 0.287. The fourth-order valence-corrected chi connectivity index (χ4v) is 4.51. The first kappa shape index (κ1) is 25.2. The van der Waals surface area contributed by atoms with Gasteiger partial charge in [-0.05, 0) is 54.8 Å². The molecule has 0 spiro atoms. The van der Waals surface area contributed by atoms with Gasteiger partial charge >= 0.3 is 5.69 Å². The molecule has 1 aliphatic rings. The topological polar surface area (TPSA) is 114 Å².